The van der Waals surface area contributed by atoms with E-state index in [1.807, 2.05) is 10.6 Å². The number of aliphatic carboxylic acids is 3. The second kappa shape index (κ2) is 40.8. The van der Waals surface area contributed by atoms with Gasteiger partial charge in [-0.25, -0.2) is 0 Å². The molecule has 1 aromatic heterocycles. The minimum Gasteiger partial charge on any atom is -0.494 e. The zero-order valence-corrected chi connectivity index (χ0v) is 58.1. The number of aldehydes is 1. The van der Waals surface area contributed by atoms with Crippen LogP contribution in [0, 0.1) is 11.8 Å². The number of unbranched alkanes of at least 4 members (excludes halogenated alkanes) is 3. The zero-order valence-electron chi connectivity index (χ0n) is 58.1. The summed E-state index contributed by atoms with van der Waals surface area (Å²) >= 11 is 0. The van der Waals surface area contributed by atoms with Gasteiger partial charge in [0, 0.05) is 41.9 Å². The second-order valence-electron chi connectivity index (χ2n) is 25.3. The maximum absolute atomic E-state index is 15.3. The average Bonchev–Trinajstić information content (AvgIpc) is 1.04. The summed E-state index contributed by atoms with van der Waals surface area (Å²) in [4.78, 5) is 205. The van der Waals surface area contributed by atoms with Gasteiger partial charge in [0.2, 0.25) is 64.9 Å². The van der Waals surface area contributed by atoms with Gasteiger partial charge in [-0.3, -0.25) is 72.4 Å². The van der Waals surface area contributed by atoms with E-state index in [2.05, 4.69) is 54.3 Å². The van der Waals surface area contributed by atoms with Gasteiger partial charge in [0.1, 0.15) is 60.6 Å². The predicted octanol–water partition coefficient (Wildman–Crippen LogP) is -2.53. The van der Waals surface area contributed by atoms with E-state index < -0.39 is 200 Å². The number of carboxylic acid groups (broad SMARTS) is 3. The molecule has 564 valence electrons. The van der Waals surface area contributed by atoms with Crippen LogP contribution in [0.2, 0.25) is 0 Å². The van der Waals surface area contributed by atoms with Gasteiger partial charge in [0.05, 0.1) is 57.6 Å². The number of benzene rings is 2. The minimum absolute atomic E-state index is 0.0275. The van der Waals surface area contributed by atoms with Gasteiger partial charge in [-0.1, -0.05) is 45.2 Å². The number of likely N-dealkylation sites (tertiary alicyclic amines) is 2. The van der Waals surface area contributed by atoms with E-state index in [1.54, 1.807) is 38.1 Å². The molecule has 3 aromatic rings. The number of rotatable bonds is 42. The number of hydrogen-bond donors (Lipinski definition) is 15. The Morgan fingerprint density at radius 3 is 1.90 bits per heavy atom. The van der Waals surface area contributed by atoms with Crippen LogP contribution in [-0.4, -0.2) is 231 Å². The Balaban J connectivity index is 1.41. The van der Waals surface area contributed by atoms with Crippen LogP contribution in [0.15, 0.2) is 53.1 Å². The third-order valence-corrected chi connectivity index (χ3v) is 16.9. The van der Waals surface area contributed by atoms with E-state index in [9.17, 15) is 77.3 Å². The number of carboxylic acids is 3. The minimum atomic E-state index is -2.11. The van der Waals surface area contributed by atoms with Gasteiger partial charge in [-0.2, -0.15) is 4.98 Å². The van der Waals surface area contributed by atoms with Gasteiger partial charge in [0.15, 0.2) is 0 Å². The van der Waals surface area contributed by atoms with Crippen LogP contribution < -0.4 is 69.8 Å². The van der Waals surface area contributed by atoms with Crippen LogP contribution in [0.1, 0.15) is 129 Å². The fourth-order valence-electron chi connectivity index (χ4n) is 11.1. The molecule has 5 rings (SSSR count). The number of amides is 11. The van der Waals surface area contributed by atoms with E-state index in [0.717, 1.165) is 37.5 Å². The summed E-state index contributed by atoms with van der Waals surface area (Å²) in [5.74, 6) is -17.1. The molecule has 11 amide bonds. The molecule has 0 radical (unpaired) electrons. The molecule has 2 saturated heterocycles. The lowest BCUT2D eigenvalue weighted by Crippen LogP contribution is -2.65. The van der Waals surface area contributed by atoms with Crippen LogP contribution in [-0.2, 0) is 71.9 Å². The van der Waals surface area contributed by atoms with Crippen molar-refractivity contribution >= 4 is 89.2 Å². The smallest absolute Gasteiger partial charge is 0.308 e. The van der Waals surface area contributed by atoms with E-state index in [1.165, 1.54) is 43.0 Å². The molecule has 37 heteroatoms. The van der Waals surface area contributed by atoms with Crippen molar-refractivity contribution in [3.8, 4) is 28.6 Å². The fourth-order valence-corrected chi connectivity index (χ4v) is 11.1. The molecule has 18 N–H and O–H groups in total. The summed E-state index contributed by atoms with van der Waals surface area (Å²) in [5, 5.41) is 54.7. The molecule has 0 spiro atoms. The topological polar surface area (TPSA) is 567 Å². The molecule has 2 aliphatic heterocycles. The number of nitrogens with zero attached hydrogens (tertiary/aromatic N) is 4. The molecule has 3 heterocycles. The Bertz CT molecular complexity index is 3480. The Kier molecular flexibility index (Phi) is 32.9. The first-order valence-corrected chi connectivity index (χ1v) is 33.8. The lowest BCUT2D eigenvalue weighted by atomic mass is 9.96. The predicted molar refractivity (Wildman–Crippen MR) is 362 cm³/mol. The van der Waals surface area contributed by atoms with Crippen molar-refractivity contribution in [1.29, 1.82) is 0 Å². The molecule has 103 heavy (non-hydrogen) atoms. The normalized spacial score (nSPS) is 17.2. The maximum Gasteiger partial charge on any atom is 0.308 e. The summed E-state index contributed by atoms with van der Waals surface area (Å²) in [7, 11) is 0. The number of primary amides is 1. The molecule has 0 saturated carbocycles. The fraction of sp³-hybridized carbons (Fsp3) is 0.561. The van der Waals surface area contributed by atoms with Crippen LogP contribution in [0.5, 0.6) is 5.75 Å². The van der Waals surface area contributed by atoms with Crippen molar-refractivity contribution in [2.24, 2.45) is 29.0 Å². The third-order valence-electron chi connectivity index (χ3n) is 16.9. The van der Waals surface area contributed by atoms with E-state index in [4.69, 9.17) is 36.3 Å². The monoisotopic (exact) mass is 1450 g/mol. The number of carbonyl (C=O) groups excluding carboxylic acids is 12. The Morgan fingerprint density at radius 1 is 0.660 bits per heavy atom. The largest absolute Gasteiger partial charge is 0.494 e. The van der Waals surface area contributed by atoms with Crippen LogP contribution in [0.25, 0.3) is 22.8 Å². The van der Waals surface area contributed by atoms with Crippen LogP contribution >= 0.6 is 0 Å². The molecular weight excluding hydrogens is 1350 g/mol. The molecule has 2 aliphatic rings. The number of nitrogens with one attached hydrogen (secondary N) is 9. The van der Waals surface area contributed by atoms with Crippen LogP contribution in [0.4, 0.5) is 0 Å². The second-order valence-corrected chi connectivity index (χ2v) is 25.3. The molecule has 37 nitrogen and oxygen atoms in total. The molecule has 12 atom stereocenters. The number of hydrogen-bond acceptors (Lipinski definition) is 23. The SMILES string of the molecule is CCCCCCOc1ccc(-c2noc(-c3ccc(C(=O)NC(CC(N)=O)C(=O)NC(C(=O)N4CCCCC4C(=O)NC(C(=O)NC(CC(=O)O)C(=O)NCC(=O)NC(C=O)CC(=O)O)C(C)C(=O)O)C(C)NCOC4CCCN4C(=O)C(NC(=O)C(NC(=O)CN)C(C)N)C(C)C)cc3)n2)cc1. The van der Waals surface area contributed by atoms with E-state index in [0.29, 0.717) is 29.9 Å². The standard InChI is InChI=1S/C66H94N16O21/c1-7-8-9-12-26-101-42-22-20-38(21-23-42)56-79-63(103-80-56)40-18-16-39(17-19-40)57(91)73-43(28-46(69)84)59(93)78-55(37(6)71-33-102-49-15-13-25-82(49)64(97)52(34(2)3)76-62(96)54(36(5)68)75-47(85)30-67)65(98)81-24-11-10-14-45(81)60(94)77-53(35(4)66(99)100)61(95)74-44(29-51(89)90)58(92)70-31-48(86)72-41(32-83)27-50(87)88/h16-23,32,34-37,41,43-45,49,52-55,71H,7-15,24-31,33,67-68H2,1-6H3,(H2,69,84)(H,70,92)(H,72,86)(H,73,91)(H,74,95)(H,75,85)(H,76,96)(H,77,94)(H,78,93)(H,87,88)(H,89,90)(H,99,100). The van der Waals surface area contributed by atoms with Crippen molar-refractivity contribution in [2.75, 3.05) is 39.5 Å². The quantitative estimate of drug-likeness (QED) is 0.0158. The first kappa shape index (κ1) is 83.1. The highest BCUT2D eigenvalue weighted by Crippen LogP contribution is 2.27. The van der Waals surface area contributed by atoms with Crippen molar-refractivity contribution in [3.63, 3.8) is 0 Å². The highest BCUT2D eigenvalue weighted by molar-refractivity contribution is 6.02. The summed E-state index contributed by atoms with van der Waals surface area (Å²) in [6.45, 7) is 8.10. The van der Waals surface area contributed by atoms with Crippen molar-refractivity contribution in [1.82, 2.24) is 67.8 Å². The molecule has 2 fully saturated rings. The molecule has 12 unspecified atom stereocenters. The Labute approximate surface area is 592 Å². The summed E-state index contributed by atoms with van der Waals surface area (Å²) in [5.41, 5.74) is 18.1. The molecular formula is C66H94N16O21. The lowest BCUT2D eigenvalue weighted by molar-refractivity contribution is -0.150. The number of ether oxygens (including phenoxy) is 2. The molecule has 0 aliphatic carbocycles. The zero-order chi connectivity index (χ0) is 76.2. The Hall–Kier alpha value is -10.5. The number of nitrogens with two attached hydrogens (primary N) is 3. The van der Waals surface area contributed by atoms with E-state index >= 15 is 4.79 Å². The average molecular weight is 1450 g/mol. The summed E-state index contributed by atoms with van der Waals surface area (Å²) in [6.07, 6.45) is 1.66. The van der Waals surface area contributed by atoms with Crippen molar-refractivity contribution < 1.29 is 101 Å². The van der Waals surface area contributed by atoms with Gasteiger partial charge in [-0.15, -0.1) is 0 Å². The first-order valence-electron chi connectivity index (χ1n) is 33.8. The number of carbonyl (C=O) groups is 15. The lowest BCUT2D eigenvalue weighted by Gasteiger charge is -2.39. The molecule has 0 bridgehead atoms. The van der Waals surface area contributed by atoms with Gasteiger partial charge in [-0.05, 0) is 114 Å². The maximum atomic E-state index is 15.3. The summed E-state index contributed by atoms with van der Waals surface area (Å²) < 4.78 is 17.6. The first-order chi connectivity index (χ1) is 48.9. The van der Waals surface area contributed by atoms with E-state index in [-0.39, 0.29) is 62.3 Å². The molecule has 2 aromatic carbocycles. The highest BCUT2D eigenvalue weighted by Gasteiger charge is 2.44. The van der Waals surface area contributed by atoms with Crippen molar-refractivity contribution in [2.45, 2.75) is 185 Å². The van der Waals surface area contributed by atoms with Crippen LogP contribution in [0.3, 0.4) is 0 Å². The van der Waals surface area contributed by atoms with Gasteiger partial charge < -0.3 is 104 Å². The van der Waals surface area contributed by atoms with Crippen molar-refractivity contribution in [3.05, 3.63) is 54.1 Å². The third kappa shape index (κ3) is 25.5. The van der Waals surface area contributed by atoms with Gasteiger partial charge in [0.25, 0.3) is 11.8 Å². The Morgan fingerprint density at radius 2 is 1.29 bits per heavy atom. The summed E-state index contributed by atoms with van der Waals surface area (Å²) in [6, 6.07) is -2.41. The van der Waals surface area contributed by atoms with Gasteiger partial charge >= 0.3 is 17.9 Å². The number of piperidine rings is 1. The highest BCUT2D eigenvalue weighted by atomic mass is 16.5. The number of aromatic nitrogens is 2.